The largest absolute Gasteiger partial charge is 0.508 e. The molecule has 0 unspecified atom stereocenters. The summed E-state index contributed by atoms with van der Waals surface area (Å²) in [7, 11) is 0. The number of carbonyl (C=O) groups excluding carboxylic acids is 2. The first-order valence-electron chi connectivity index (χ1n) is 8.39. The lowest BCUT2D eigenvalue weighted by Crippen LogP contribution is -2.43. The predicted molar refractivity (Wildman–Crippen MR) is 78.5 cm³/mol. The lowest BCUT2D eigenvalue weighted by atomic mass is 10.3. The minimum atomic E-state index is -6.09. The Labute approximate surface area is 196 Å². The second kappa shape index (κ2) is 13.4. The first-order valence-corrected chi connectivity index (χ1v) is 8.39. The molecule has 0 rings (SSSR count). The molecule has 0 aliphatic heterocycles. The Morgan fingerprint density at radius 2 is 0.658 bits per heavy atom. The van der Waals surface area contributed by atoms with Crippen molar-refractivity contribution in [2.45, 2.75) is 48.9 Å². The van der Waals surface area contributed by atoms with Crippen LogP contribution in [0.4, 0.5) is 88.6 Å². The van der Waals surface area contributed by atoms with Crippen molar-refractivity contribution in [2.24, 2.45) is 0 Å². The summed E-state index contributed by atoms with van der Waals surface area (Å²) in [5.74, 6) is -20.4. The van der Waals surface area contributed by atoms with Gasteiger partial charge in [0, 0.05) is 0 Å². The lowest BCUT2D eigenvalue weighted by Gasteiger charge is -2.20. The topological polar surface area (TPSA) is 71.1 Å². The number of carbonyl (C=O) groups is 2. The highest BCUT2D eigenvalue weighted by atomic mass is 19.4. The van der Waals surface area contributed by atoms with E-state index in [0.717, 1.165) is 0 Å². The summed E-state index contributed by atoms with van der Waals surface area (Å²) in [6.07, 6.45) is -25.2. The van der Waals surface area contributed by atoms with Gasteiger partial charge in [-0.3, -0.25) is 0 Å². The van der Waals surface area contributed by atoms with E-state index in [-0.39, 0.29) is 0 Å². The zero-order valence-electron chi connectivity index (χ0n) is 17.2. The summed E-state index contributed by atoms with van der Waals surface area (Å²) in [6.45, 7) is -9.48. The highest BCUT2D eigenvalue weighted by molar-refractivity contribution is 5.60. The van der Waals surface area contributed by atoms with Gasteiger partial charge in [0.05, 0.1) is 0 Å². The van der Waals surface area contributed by atoms with Gasteiger partial charge in [0.25, 0.3) is 0 Å². The Bertz CT molecular complexity index is 689. The molecule has 0 aliphatic rings. The van der Waals surface area contributed by atoms with Gasteiger partial charge in [-0.1, -0.05) is 0 Å². The molecule has 228 valence electrons. The van der Waals surface area contributed by atoms with Crippen molar-refractivity contribution >= 4 is 12.3 Å². The average Bonchev–Trinajstić information content (AvgIpc) is 2.72. The fourth-order valence-electron chi connectivity index (χ4n) is 0.982. The van der Waals surface area contributed by atoms with Crippen LogP contribution in [0.15, 0.2) is 0 Å². The Kier molecular flexibility index (Phi) is 13.2. The van der Waals surface area contributed by atoms with Crippen molar-refractivity contribution < 1.29 is 108 Å². The SMILES string of the molecule is O=C(OCC(F)(F)C(F)(F)F)OCC(F)(F)C(F)(F)F.O=C(OCC(F)(F)C(F)F)OCC(F)(F)C(F)F. The van der Waals surface area contributed by atoms with Gasteiger partial charge in [0.2, 0.25) is 0 Å². The van der Waals surface area contributed by atoms with Crippen LogP contribution in [0.25, 0.3) is 0 Å². The van der Waals surface area contributed by atoms with E-state index in [1.54, 1.807) is 0 Å². The van der Waals surface area contributed by atoms with Gasteiger partial charge in [-0.05, 0) is 0 Å². The monoisotopic (exact) mass is 616 g/mol. The highest BCUT2D eigenvalue weighted by Gasteiger charge is 2.60. The van der Waals surface area contributed by atoms with Crippen molar-refractivity contribution in [2.75, 3.05) is 26.4 Å². The molecule has 38 heavy (non-hydrogen) atoms. The molecule has 0 saturated heterocycles. The van der Waals surface area contributed by atoms with Gasteiger partial charge in [0.15, 0.2) is 26.4 Å². The molecule has 0 aromatic heterocycles. The lowest BCUT2D eigenvalue weighted by molar-refractivity contribution is -0.299. The second-order valence-electron chi connectivity index (χ2n) is 6.18. The molecule has 0 N–H and O–H groups in total. The summed E-state index contributed by atoms with van der Waals surface area (Å²) in [5.41, 5.74) is 0. The molecular weight excluding hydrogens is 606 g/mol. The minimum absolute atomic E-state index is 2.12. The normalized spacial score (nSPS) is 13.6. The van der Waals surface area contributed by atoms with E-state index in [2.05, 4.69) is 18.9 Å². The van der Waals surface area contributed by atoms with E-state index in [1.165, 1.54) is 0 Å². The quantitative estimate of drug-likeness (QED) is 0.207. The standard InChI is InChI=1S/C7H4F10O3.C7H6F8O3/c8-4(9,6(12,13)14)1-19-3(18)20-2-5(10,11)7(15,16)17;8-3(9)6(12,13)1-17-5(16)18-2-7(14,15)4(10)11/h1-2H2;3-4H,1-2H2. The predicted octanol–water partition coefficient (Wildman–Crippen LogP) is 6.48. The number of hydrogen-bond donors (Lipinski definition) is 0. The highest BCUT2D eigenvalue weighted by Crippen LogP contribution is 2.37. The van der Waals surface area contributed by atoms with Crippen LogP contribution in [0.2, 0.25) is 0 Å². The van der Waals surface area contributed by atoms with Crippen LogP contribution in [0.5, 0.6) is 0 Å². The summed E-state index contributed by atoms with van der Waals surface area (Å²) >= 11 is 0. The summed E-state index contributed by atoms with van der Waals surface area (Å²) in [5, 5.41) is 0. The summed E-state index contributed by atoms with van der Waals surface area (Å²) < 4.78 is 226. The van der Waals surface area contributed by atoms with Gasteiger partial charge in [-0.2, -0.15) is 61.5 Å². The van der Waals surface area contributed by atoms with Crippen LogP contribution in [0, 0.1) is 0 Å². The second-order valence-corrected chi connectivity index (χ2v) is 6.18. The molecule has 0 radical (unpaired) electrons. The van der Waals surface area contributed by atoms with Crippen LogP contribution < -0.4 is 0 Å². The number of rotatable bonds is 10. The fraction of sp³-hybridized carbons (Fsp3) is 0.857. The van der Waals surface area contributed by atoms with E-state index in [9.17, 15) is 88.6 Å². The molecule has 0 aromatic rings. The van der Waals surface area contributed by atoms with Crippen molar-refractivity contribution in [3.63, 3.8) is 0 Å². The molecule has 0 aromatic carbocycles. The molecule has 6 nitrogen and oxygen atoms in total. The number of ether oxygens (including phenoxy) is 4. The van der Waals surface area contributed by atoms with Crippen molar-refractivity contribution in [3.8, 4) is 0 Å². The number of alkyl halides is 18. The van der Waals surface area contributed by atoms with Gasteiger partial charge in [-0.25, -0.2) is 27.2 Å². The maximum atomic E-state index is 12.2. The van der Waals surface area contributed by atoms with Crippen LogP contribution in [0.1, 0.15) is 0 Å². The minimum Gasteiger partial charge on any atom is -0.428 e. The molecule has 0 fully saturated rings. The Morgan fingerprint density at radius 3 is 0.842 bits per heavy atom. The molecule has 0 heterocycles. The summed E-state index contributed by atoms with van der Waals surface area (Å²) in [4.78, 5) is 20.7. The molecular formula is C14H10F18O6. The smallest absolute Gasteiger partial charge is 0.428 e. The number of hydrogen-bond acceptors (Lipinski definition) is 6. The molecule has 0 atom stereocenters. The average molecular weight is 616 g/mol. The zero-order chi connectivity index (χ0) is 31.0. The molecule has 0 saturated carbocycles. The molecule has 0 spiro atoms. The van der Waals surface area contributed by atoms with Gasteiger partial charge in [0.1, 0.15) is 0 Å². The molecule has 0 bridgehead atoms. The Balaban J connectivity index is 0. The zero-order valence-corrected chi connectivity index (χ0v) is 17.2. The van der Waals surface area contributed by atoms with E-state index < -0.39 is 87.6 Å². The first-order chi connectivity index (χ1) is 16.6. The van der Waals surface area contributed by atoms with E-state index >= 15 is 0 Å². The maximum absolute atomic E-state index is 12.2. The van der Waals surface area contributed by atoms with E-state index in [0.29, 0.717) is 0 Å². The van der Waals surface area contributed by atoms with Gasteiger partial charge >= 0.3 is 61.2 Å². The van der Waals surface area contributed by atoms with Crippen LogP contribution in [0.3, 0.4) is 0 Å². The van der Waals surface area contributed by atoms with Crippen molar-refractivity contribution in [3.05, 3.63) is 0 Å². The van der Waals surface area contributed by atoms with Crippen LogP contribution >= 0.6 is 0 Å². The Hall–Kier alpha value is -2.72. The third-order valence-electron chi connectivity index (χ3n) is 2.98. The van der Waals surface area contributed by atoms with E-state index in [1.807, 2.05) is 0 Å². The fourth-order valence-corrected chi connectivity index (χ4v) is 0.982. The maximum Gasteiger partial charge on any atom is 0.508 e. The Morgan fingerprint density at radius 1 is 0.447 bits per heavy atom. The van der Waals surface area contributed by atoms with Crippen LogP contribution in [-0.4, -0.2) is 87.6 Å². The third kappa shape index (κ3) is 13.2. The van der Waals surface area contributed by atoms with Crippen LogP contribution in [-0.2, 0) is 18.9 Å². The van der Waals surface area contributed by atoms with Gasteiger partial charge < -0.3 is 18.9 Å². The molecule has 0 aliphatic carbocycles. The van der Waals surface area contributed by atoms with Crippen molar-refractivity contribution in [1.29, 1.82) is 0 Å². The summed E-state index contributed by atoms with van der Waals surface area (Å²) in [6, 6.07) is 0. The van der Waals surface area contributed by atoms with Crippen molar-refractivity contribution in [1.82, 2.24) is 0 Å². The van der Waals surface area contributed by atoms with E-state index in [4.69, 9.17) is 0 Å². The number of halogens is 18. The molecule has 0 amide bonds. The third-order valence-corrected chi connectivity index (χ3v) is 2.98. The molecule has 24 heteroatoms. The first kappa shape index (κ1) is 37.4. The van der Waals surface area contributed by atoms with Gasteiger partial charge in [-0.15, -0.1) is 0 Å².